The second kappa shape index (κ2) is 9.31. The molecule has 1 saturated heterocycles. The Hall–Kier alpha value is -2.53. The van der Waals surface area contributed by atoms with Crippen LogP contribution in [0, 0.1) is 0 Å². The third-order valence-corrected chi connectivity index (χ3v) is 6.00. The van der Waals surface area contributed by atoms with Crippen LogP contribution in [-0.2, 0) is 11.2 Å². The number of amides is 1. The van der Waals surface area contributed by atoms with Gasteiger partial charge in [-0.1, -0.05) is 24.3 Å². The third-order valence-electron chi connectivity index (χ3n) is 6.00. The molecule has 1 amide bonds. The molecule has 0 spiro atoms. The molecule has 2 aliphatic rings. The average Bonchev–Trinajstić information content (AvgIpc) is 3.00. The second-order valence-corrected chi connectivity index (χ2v) is 7.96. The van der Waals surface area contributed by atoms with Crippen LogP contribution in [0.1, 0.15) is 24.8 Å². The monoisotopic (exact) mass is 393 g/mol. The fraction of sp³-hybridized carbons (Fsp3) is 0.458. The summed E-state index contributed by atoms with van der Waals surface area (Å²) in [4.78, 5) is 18.7. The Labute approximate surface area is 173 Å². The first-order valence-electron chi connectivity index (χ1n) is 10.8. The summed E-state index contributed by atoms with van der Waals surface area (Å²) in [5, 5.41) is 0. The number of aryl methyl sites for hydroxylation is 1. The molecular weight excluding hydrogens is 362 g/mol. The zero-order valence-corrected chi connectivity index (χ0v) is 17.3. The first-order valence-corrected chi connectivity index (χ1v) is 10.8. The number of ether oxygens (including phenoxy) is 1. The summed E-state index contributed by atoms with van der Waals surface area (Å²) in [6.45, 7) is 6.21. The van der Waals surface area contributed by atoms with Gasteiger partial charge < -0.3 is 19.4 Å². The van der Waals surface area contributed by atoms with E-state index in [1.807, 2.05) is 19.2 Å². The molecule has 2 heterocycles. The lowest BCUT2D eigenvalue weighted by Crippen LogP contribution is -2.32. The zero-order valence-electron chi connectivity index (χ0n) is 17.3. The standard InChI is InChI=1S/C24H31N3O2/c1-25-23-19-22(11-9-20(23)10-12-24(25)28)29-18-6-14-26-13-5-15-27(17-16-26)21-7-3-2-4-8-21/h2-4,7-9,11,19H,5-6,10,12-18H2,1H3. The summed E-state index contributed by atoms with van der Waals surface area (Å²) in [5.41, 5.74) is 3.55. The van der Waals surface area contributed by atoms with Crippen molar-refractivity contribution in [3.05, 3.63) is 54.1 Å². The van der Waals surface area contributed by atoms with Crippen molar-refractivity contribution in [3.63, 3.8) is 0 Å². The minimum Gasteiger partial charge on any atom is -0.493 e. The highest BCUT2D eigenvalue weighted by Gasteiger charge is 2.21. The molecule has 0 aromatic heterocycles. The van der Waals surface area contributed by atoms with Gasteiger partial charge in [0.2, 0.25) is 5.91 Å². The number of nitrogens with zero attached hydrogens (tertiary/aromatic N) is 3. The van der Waals surface area contributed by atoms with Gasteiger partial charge in [-0.25, -0.2) is 0 Å². The van der Waals surface area contributed by atoms with Crippen molar-refractivity contribution in [1.29, 1.82) is 0 Å². The highest BCUT2D eigenvalue weighted by molar-refractivity contribution is 5.96. The summed E-state index contributed by atoms with van der Waals surface area (Å²) in [6, 6.07) is 16.8. The van der Waals surface area contributed by atoms with Crippen molar-refractivity contribution in [2.75, 3.05) is 56.2 Å². The first kappa shape index (κ1) is 19.8. The molecule has 0 N–H and O–H groups in total. The SMILES string of the molecule is CN1C(=O)CCc2ccc(OCCCN3CCCN(c4ccccc4)CC3)cc21. The predicted molar refractivity (Wildman–Crippen MR) is 118 cm³/mol. The van der Waals surface area contributed by atoms with Gasteiger partial charge in [0.15, 0.2) is 0 Å². The number of fused-ring (bicyclic) bond motifs is 1. The summed E-state index contributed by atoms with van der Waals surface area (Å²) >= 11 is 0. The highest BCUT2D eigenvalue weighted by atomic mass is 16.5. The van der Waals surface area contributed by atoms with Crippen LogP contribution in [0.2, 0.25) is 0 Å². The van der Waals surface area contributed by atoms with Crippen LogP contribution in [-0.4, -0.2) is 57.2 Å². The van der Waals surface area contributed by atoms with Crippen LogP contribution in [0.3, 0.4) is 0 Å². The van der Waals surface area contributed by atoms with Crippen LogP contribution < -0.4 is 14.5 Å². The highest BCUT2D eigenvalue weighted by Crippen LogP contribution is 2.30. The van der Waals surface area contributed by atoms with Crippen LogP contribution in [0.4, 0.5) is 11.4 Å². The Morgan fingerprint density at radius 1 is 0.966 bits per heavy atom. The zero-order chi connectivity index (χ0) is 20.1. The fourth-order valence-electron chi connectivity index (χ4n) is 4.27. The van der Waals surface area contributed by atoms with Gasteiger partial charge in [0, 0.05) is 51.4 Å². The van der Waals surface area contributed by atoms with E-state index in [0.717, 1.165) is 57.0 Å². The van der Waals surface area contributed by atoms with Gasteiger partial charge in [0.1, 0.15) is 5.75 Å². The molecule has 0 radical (unpaired) electrons. The lowest BCUT2D eigenvalue weighted by molar-refractivity contribution is -0.118. The maximum Gasteiger partial charge on any atom is 0.227 e. The smallest absolute Gasteiger partial charge is 0.227 e. The Morgan fingerprint density at radius 3 is 2.69 bits per heavy atom. The van der Waals surface area contributed by atoms with E-state index in [2.05, 4.69) is 46.2 Å². The number of rotatable bonds is 6. The molecule has 5 nitrogen and oxygen atoms in total. The van der Waals surface area contributed by atoms with Crippen LogP contribution in [0.5, 0.6) is 5.75 Å². The van der Waals surface area contributed by atoms with E-state index >= 15 is 0 Å². The van der Waals surface area contributed by atoms with Crippen molar-refractivity contribution < 1.29 is 9.53 Å². The maximum absolute atomic E-state index is 11.9. The van der Waals surface area contributed by atoms with Crippen molar-refractivity contribution >= 4 is 17.3 Å². The Kier molecular flexibility index (Phi) is 6.35. The van der Waals surface area contributed by atoms with E-state index in [-0.39, 0.29) is 5.91 Å². The van der Waals surface area contributed by atoms with Crippen molar-refractivity contribution in [2.45, 2.75) is 25.7 Å². The van der Waals surface area contributed by atoms with Gasteiger partial charge in [-0.05, 0) is 49.6 Å². The second-order valence-electron chi connectivity index (χ2n) is 7.96. The number of hydrogen-bond acceptors (Lipinski definition) is 4. The Morgan fingerprint density at radius 2 is 1.83 bits per heavy atom. The Bertz CT molecular complexity index is 824. The molecule has 2 aliphatic heterocycles. The largest absolute Gasteiger partial charge is 0.493 e. The number of carbonyl (C=O) groups is 1. The van der Waals surface area contributed by atoms with Crippen molar-refractivity contribution in [3.8, 4) is 5.75 Å². The normalized spacial score (nSPS) is 17.8. The van der Waals surface area contributed by atoms with Gasteiger partial charge in [-0.2, -0.15) is 0 Å². The van der Waals surface area contributed by atoms with Crippen LogP contribution >= 0.6 is 0 Å². The molecule has 29 heavy (non-hydrogen) atoms. The molecule has 0 saturated carbocycles. The predicted octanol–water partition coefficient (Wildman–Crippen LogP) is 3.58. The molecule has 2 aromatic carbocycles. The summed E-state index contributed by atoms with van der Waals surface area (Å²) in [5.74, 6) is 1.04. The maximum atomic E-state index is 11.9. The first-order chi connectivity index (χ1) is 14.2. The summed E-state index contributed by atoms with van der Waals surface area (Å²) < 4.78 is 5.99. The molecule has 1 fully saturated rings. The molecule has 4 rings (SSSR count). The van der Waals surface area contributed by atoms with Gasteiger partial charge in [0.25, 0.3) is 0 Å². The summed E-state index contributed by atoms with van der Waals surface area (Å²) in [6.07, 6.45) is 3.63. The van der Waals surface area contributed by atoms with E-state index in [4.69, 9.17) is 4.74 Å². The molecule has 0 aliphatic carbocycles. The lowest BCUT2D eigenvalue weighted by atomic mass is 10.0. The molecular formula is C24H31N3O2. The topological polar surface area (TPSA) is 36.0 Å². The van der Waals surface area contributed by atoms with Gasteiger partial charge in [0.05, 0.1) is 12.3 Å². The third kappa shape index (κ3) is 4.91. The average molecular weight is 394 g/mol. The van der Waals surface area contributed by atoms with E-state index in [9.17, 15) is 4.79 Å². The number of para-hydroxylation sites is 1. The van der Waals surface area contributed by atoms with Gasteiger partial charge in [-0.15, -0.1) is 0 Å². The van der Waals surface area contributed by atoms with Crippen LogP contribution in [0.15, 0.2) is 48.5 Å². The number of benzene rings is 2. The molecule has 0 atom stereocenters. The van der Waals surface area contributed by atoms with Crippen LogP contribution in [0.25, 0.3) is 0 Å². The van der Waals surface area contributed by atoms with E-state index in [0.29, 0.717) is 13.0 Å². The van der Waals surface area contributed by atoms with E-state index in [1.54, 1.807) is 4.90 Å². The van der Waals surface area contributed by atoms with Gasteiger partial charge in [-0.3, -0.25) is 4.79 Å². The minimum atomic E-state index is 0.181. The van der Waals surface area contributed by atoms with Crippen molar-refractivity contribution in [2.24, 2.45) is 0 Å². The molecule has 154 valence electrons. The molecule has 5 heteroatoms. The number of anilines is 2. The number of hydrogen-bond donors (Lipinski definition) is 0. The van der Waals surface area contributed by atoms with E-state index < -0.39 is 0 Å². The van der Waals surface area contributed by atoms with E-state index in [1.165, 1.54) is 17.7 Å². The quantitative estimate of drug-likeness (QED) is 0.703. The van der Waals surface area contributed by atoms with Gasteiger partial charge >= 0.3 is 0 Å². The summed E-state index contributed by atoms with van der Waals surface area (Å²) in [7, 11) is 1.85. The molecule has 0 bridgehead atoms. The lowest BCUT2D eigenvalue weighted by Gasteiger charge is -2.26. The minimum absolute atomic E-state index is 0.181. The van der Waals surface area contributed by atoms with Crippen molar-refractivity contribution in [1.82, 2.24) is 4.90 Å². The Balaban J connectivity index is 1.22. The molecule has 0 unspecified atom stereocenters. The number of carbonyl (C=O) groups excluding carboxylic acids is 1. The molecule has 2 aromatic rings. The fourth-order valence-corrected chi connectivity index (χ4v) is 4.27.